The molecule has 0 fully saturated rings. The number of rotatable bonds is 2. The van der Waals surface area contributed by atoms with Gasteiger partial charge in [0.25, 0.3) is 6.43 Å². The maximum Gasteiger partial charge on any atom is 0.341 e. The van der Waals surface area contributed by atoms with E-state index in [1.807, 2.05) is 0 Å². The van der Waals surface area contributed by atoms with Crippen LogP contribution in [0.25, 0.3) is 0 Å². The summed E-state index contributed by atoms with van der Waals surface area (Å²) in [6.45, 7) is 0. The highest BCUT2D eigenvalue weighted by molar-refractivity contribution is 9.10. The second-order valence-electron chi connectivity index (χ2n) is 2.30. The number of carboxylic acid groups (broad SMARTS) is 1. The molecule has 3 nitrogen and oxygen atoms in total. The van der Waals surface area contributed by atoms with Crippen LogP contribution in [0.2, 0.25) is 0 Å². The van der Waals surface area contributed by atoms with Gasteiger partial charge < -0.3 is 5.11 Å². The van der Waals surface area contributed by atoms with Crippen molar-refractivity contribution in [2.45, 2.75) is 6.43 Å². The quantitative estimate of drug-likeness (QED) is 0.840. The van der Waals surface area contributed by atoms with Gasteiger partial charge in [-0.25, -0.2) is 22.9 Å². The summed E-state index contributed by atoms with van der Waals surface area (Å²) in [5.41, 5.74) is -1.91. The van der Waals surface area contributed by atoms with Crippen molar-refractivity contribution in [1.82, 2.24) is 4.98 Å². The standard InChI is InChI=1S/C7H3BrF3NO2/c8-5-3(7(13)14)4(9)2(1-12-5)6(10)11/h1,6H,(H,13,14). The van der Waals surface area contributed by atoms with Crippen LogP contribution in [0.5, 0.6) is 0 Å². The zero-order chi connectivity index (χ0) is 10.9. The molecule has 1 aromatic heterocycles. The molecule has 1 N–H and O–H groups in total. The predicted molar refractivity (Wildman–Crippen MR) is 43.8 cm³/mol. The van der Waals surface area contributed by atoms with E-state index in [-0.39, 0.29) is 4.60 Å². The second kappa shape index (κ2) is 3.95. The molecule has 7 heteroatoms. The van der Waals surface area contributed by atoms with Crippen molar-refractivity contribution < 1.29 is 23.1 Å². The zero-order valence-electron chi connectivity index (χ0n) is 6.47. The van der Waals surface area contributed by atoms with Gasteiger partial charge in [0.05, 0.1) is 5.56 Å². The third-order valence-corrected chi connectivity index (χ3v) is 2.05. The van der Waals surface area contributed by atoms with Crippen molar-refractivity contribution in [2.75, 3.05) is 0 Å². The number of halogens is 4. The molecule has 0 aromatic carbocycles. The molecule has 0 unspecified atom stereocenters. The molecule has 1 heterocycles. The van der Waals surface area contributed by atoms with Crippen molar-refractivity contribution >= 4 is 21.9 Å². The van der Waals surface area contributed by atoms with Gasteiger partial charge in [-0.05, 0) is 15.9 Å². The summed E-state index contributed by atoms with van der Waals surface area (Å²) >= 11 is 2.65. The second-order valence-corrected chi connectivity index (χ2v) is 3.05. The molecule has 1 rings (SSSR count). The molecule has 0 radical (unpaired) electrons. The lowest BCUT2D eigenvalue weighted by atomic mass is 10.2. The van der Waals surface area contributed by atoms with E-state index in [0.29, 0.717) is 6.20 Å². The highest BCUT2D eigenvalue weighted by Gasteiger charge is 2.23. The lowest BCUT2D eigenvalue weighted by molar-refractivity contribution is 0.0688. The predicted octanol–water partition coefficient (Wildman–Crippen LogP) is 2.62. The molecule has 76 valence electrons. The van der Waals surface area contributed by atoms with E-state index < -0.39 is 29.3 Å². The Balaban J connectivity index is 3.41. The zero-order valence-corrected chi connectivity index (χ0v) is 8.06. The molecule has 0 atom stereocenters. The molecule has 0 aliphatic heterocycles. The summed E-state index contributed by atoms with van der Waals surface area (Å²) in [5.74, 6) is -3.11. The van der Waals surface area contributed by atoms with Crippen molar-refractivity contribution in [3.8, 4) is 0 Å². The number of hydrogen-bond donors (Lipinski definition) is 1. The maximum atomic E-state index is 13.1. The molecule has 0 amide bonds. The van der Waals surface area contributed by atoms with Gasteiger partial charge in [-0.1, -0.05) is 0 Å². The molecule has 0 saturated heterocycles. The summed E-state index contributed by atoms with van der Waals surface area (Å²) in [6, 6.07) is 0. The number of pyridine rings is 1. The Hall–Kier alpha value is -1.11. The summed E-state index contributed by atoms with van der Waals surface area (Å²) in [7, 11) is 0. The summed E-state index contributed by atoms with van der Waals surface area (Å²) in [6.07, 6.45) is -2.50. The lowest BCUT2D eigenvalue weighted by Crippen LogP contribution is -2.07. The Kier molecular flexibility index (Phi) is 3.10. The van der Waals surface area contributed by atoms with Gasteiger partial charge in [-0.3, -0.25) is 0 Å². The fourth-order valence-electron chi connectivity index (χ4n) is 0.817. The van der Waals surface area contributed by atoms with Gasteiger partial charge in [0.1, 0.15) is 10.2 Å². The monoisotopic (exact) mass is 269 g/mol. The minimum absolute atomic E-state index is 0.313. The van der Waals surface area contributed by atoms with Gasteiger partial charge in [0.2, 0.25) is 0 Å². The normalized spacial score (nSPS) is 10.6. The van der Waals surface area contributed by atoms with Crippen LogP contribution < -0.4 is 0 Å². The molecule has 0 saturated carbocycles. The SMILES string of the molecule is O=C(O)c1c(Br)ncc(C(F)F)c1F. The molecular formula is C7H3BrF3NO2. The first-order valence-electron chi connectivity index (χ1n) is 3.30. The maximum absolute atomic E-state index is 13.1. The molecule has 0 aliphatic carbocycles. The number of aromatic nitrogens is 1. The molecule has 0 spiro atoms. The first-order valence-corrected chi connectivity index (χ1v) is 4.09. The van der Waals surface area contributed by atoms with E-state index in [1.165, 1.54) is 0 Å². The van der Waals surface area contributed by atoms with Crippen LogP contribution in [0, 0.1) is 5.82 Å². The van der Waals surface area contributed by atoms with Crippen molar-refractivity contribution in [2.24, 2.45) is 0 Å². The first-order chi connectivity index (χ1) is 6.45. The van der Waals surface area contributed by atoms with E-state index in [9.17, 15) is 18.0 Å². The number of aromatic carboxylic acids is 1. The Labute approximate surface area is 84.7 Å². The fourth-order valence-corrected chi connectivity index (χ4v) is 1.26. The van der Waals surface area contributed by atoms with Gasteiger partial charge in [0, 0.05) is 6.20 Å². The van der Waals surface area contributed by atoms with Gasteiger partial charge in [0.15, 0.2) is 5.82 Å². The van der Waals surface area contributed by atoms with Gasteiger partial charge >= 0.3 is 5.97 Å². The van der Waals surface area contributed by atoms with Crippen molar-refractivity contribution in [1.29, 1.82) is 0 Å². The van der Waals surface area contributed by atoms with Crippen LogP contribution in [-0.2, 0) is 0 Å². The average molecular weight is 270 g/mol. The Morgan fingerprint density at radius 1 is 1.57 bits per heavy atom. The third-order valence-electron chi connectivity index (χ3n) is 1.45. The number of carboxylic acids is 1. The molecule has 1 aromatic rings. The van der Waals surface area contributed by atoms with Gasteiger partial charge in [-0.15, -0.1) is 0 Å². The summed E-state index contributed by atoms with van der Waals surface area (Å²) in [4.78, 5) is 13.8. The van der Waals surface area contributed by atoms with Crippen LogP contribution in [0.3, 0.4) is 0 Å². The van der Waals surface area contributed by atoms with E-state index in [1.54, 1.807) is 0 Å². The summed E-state index contributed by atoms with van der Waals surface area (Å²) < 4.78 is 37.0. The van der Waals surface area contributed by atoms with E-state index >= 15 is 0 Å². The minimum Gasteiger partial charge on any atom is -0.477 e. The van der Waals surface area contributed by atoms with Crippen molar-refractivity contribution in [3.05, 3.63) is 27.7 Å². The molecule has 0 aliphatic rings. The smallest absolute Gasteiger partial charge is 0.341 e. The fraction of sp³-hybridized carbons (Fsp3) is 0.143. The number of carbonyl (C=O) groups is 1. The molecular weight excluding hydrogens is 267 g/mol. The number of nitrogens with zero attached hydrogens (tertiary/aromatic N) is 1. The Morgan fingerprint density at radius 3 is 2.57 bits per heavy atom. The van der Waals surface area contributed by atoms with Crippen LogP contribution >= 0.6 is 15.9 Å². The topological polar surface area (TPSA) is 50.2 Å². The van der Waals surface area contributed by atoms with Crippen molar-refractivity contribution in [3.63, 3.8) is 0 Å². The van der Waals surface area contributed by atoms with E-state index in [2.05, 4.69) is 20.9 Å². The van der Waals surface area contributed by atoms with Crippen LogP contribution in [-0.4, -0.2) is 16.1 Å². The van der Waals surface area contributed by atoms with Crippen LogP contribution in [0.15, 0.2) is 10.8 Å². The average Bonchev–Trinajstić information content (AvgIpc) is 2.02. The highest BCUT2D eigenvalue weighted by atomic mass is 79.9. The number of alkyl halides is 2. The van der Waals surface area contributed by atoms with E-state index in [0.717, 1.165) is 0 Å². The number of hydrogen-bond acceptors (Lipinski definition) is 2. The van der Waals surface area contributed by atoms with Gasteiger partial charge in [-0.2, -0.15) is 0 Å². The summed E-state index contributed by atoms with van der Waals surface area (Å²) in [5, 5.41) is 8.50. The Bertz CT molecular complexity index is 383. The minimum atomic E-state index is -3.09. The van der Waals surface area contributed by atoms with E-state index in [4.69, 9.17) is 5.11 Å². The largest absolute Gasteiger partial charge is 0.477 e. The highest BCUT2D eigenvalue weighted by Crippen LogP contribution is 2.26. The third kappa shape index (κ3) is 1.87. The van der Waals surface area contributed by atoms with Crippen LogP contribution in [0.4, 0.5) is 13.2 Å². The Morgan fingerprint density at radius 2 is 2.14 bits per heavy atom. The molecule has 0 bridgehead atoms. The first kappa shape index (κ1) is 11.0. The molecule has 14 heavy (non-hydrogen) atoms. The lowest BCUT2D eigenvalue weighted by Gasteiger charge is -2.05. The van der Waals surface area contributed by atoms with Crippen LogP contribution in [0.1, 0.15) is 22.3 Å².